The molecule has 0 atom stereocenters. The molecule has 139 heavy (non-hydrogen) atoms. The molecule has 10 nitrogen and oxygen atoms in total. The molecule has 5 heterocycles. The van der Waals surface area contributed by atoms with Gasteiger partial charge >= 0.3 is 7.41 Å². The molecule has 8 aliphatic rings. The third-order valence-corrected chi connectivity index (χ3v) is 45.0. The summed E-state index contributed by atoms with van der Waals surface area (Å²) < 4.78 is 119. The van der Waals surface area contributed by atoms with Gasteiger partial charge in [-0.05, 0) is 364 Å². The molecule has 0 unspecified atom stereocenters. The van der Waals surface area contributed by atoms with Crippen molar-refractivity contribution >= 4 is 185 Å². The molecular formula is C120H84Br4O10P5+. The van der Waals surface area contributed by atoms with Gasteiger partial charge in [-0.25, -0.2) is 0 Å². The summed E-state index contributed by atoms with van der Waals surface area (Å²) in [6, 6.07) is 111. The molecule has 19 aromatic rings. The number of benzene rings is 18. The van der Waals surface area contributed by atoms with Crippen LogP contribution in [0, 0.1) is 69.2 Å². The second-order valence-electron chi connectivity index (χ2n) is 38.1. The van der Waals surface area contributed by atoms with Gasteiger partial charge in [0, 0.05) is 39.1 Å². The number of aryl methyl sites for hydroxylation is 10. The zero-order valence-corrected chi connectivity index (χ0v) is 87.8. The van der Waals surface area contributed by atoms with Crippen LogP contribution in [0.4, 0.5) is 0 Å². The Balaban J connectivity index is 0.000000179. The number of fused-ring (bicyclic) bond motifs is 30. The molecule has 0 saturated heterocycles. The van der Waals surface area contributed by atoms with Crippen LogP contribution in [-0.2, 0) is 33.7 Å². The molecule has 2 spiro atoms. The van der Waals surface area contributed by atoms with E-state index in [4.69, 9.17) is 23.4 Å². The monoisotopic (exact) mass is 2160 g/mol. The van der Waals surface area contributed by atoms with Crippen LogP contribution in [0.2, 0.25) is 0 Å². The summed E-state index contributed by atoms with van der Waals surface area (Å²) in [6.45, 7) is 20.1. The summed E-state index contributed by atoms with van der Waals surface area (Å²) in [5.74, 6) is 4.23. The topological polar surface area (TPSA) is 135 Å². The van der Waals surface area contributed by atoms with Crippen molar-refractivity contribution in [1.29, 1.82) is 0 Å². The van der Waals surface area contributed by atoms with Crippen molar-refractivity contribution in [2.45, 2.75) is 80.1 Å². The second-order valence-corrected chi connectivity index (χ2v) is 54.1. The summed E-state index contributed by atoms with van der Waals surface area (Å²) in [5.41, 5.74) is 26.7. The van der Waals surface area contributed by atoms with Crippen LogP contribution < -0.4 is 82.6 Å². The zero-order valence-electron chi connectivity index (χ0n) is 77.0. The Kier molecular flexibility index (Phi) is 20.3. The number of rotatable bonds is 4. The maximum absolute atomic E-state index is 17.5. The van der Waals surface area contributed by atoms with E-state index in [1.807, 2.05) is 275 Å². The fraction of sp³-hybridized carbons (Fsp3) is 0.100. The smallest absolute Gasteiger partial charge is 0.423 e. The zero-order chi connectivity index (χ0) is 95.5. The molecule has 0 radical (unpaired) electrons. The Hall–Kier alpha value is -12.1. The lowest BCUT2D eigenvalue weighted by Crippen LogP contribution is -2.35. The lowest BCUT2D eigenvalue weighted by Gasteiger charge is -2.35. The number of hydrogen-bond acceptors (Lipinski definition) is 10. The molecule has 1 aromatic heterocycles. The Morgan fingerprint density at radius 2 is 0.381 bits per heavy atom. The van der Waals surface area contributed by atoms with Crippen LogP contribution in [0.15, 0.2) is 350 Å². The highest BCUT2D eigenvalue weighted by Crippen LogP contribution is 2.69. The molecular weight excluding hydrogens is 2080 g/mol. The normalized spacial score (nSPS) is 15.3. The Bertz CT molecular complexity index is 7930. The molecule has 19 heteroatoms. The van der Waals surface area contributed by atoms with Gasteiger partial charge in [0.1, 0.15) is 46.0 Å². The van der Waals surface area contributed by atoms with Crippen LogP contribution in [-0.4, -0.2) is 0 Å². The summed E-state index contributed by atoms with van der Waals surface area (Å²) in [7, 11) is -16.8. The molecule has 0 fully saturated rings. The third kappa shape index (κ3) is 13.0. The lowest BCUT2D eigenvalue weighted by atomic mass is 9.70. The van der Waals surface area contributed by atoms with E-state index in [2.05, 4.69) is 185 Å². The van der Waals surface area contributed by atoms with E-state index in [0.717, 1.165) is 128 Å². The first-order valence-corrected chi connectivity index (χ1v) is 57.4. The quantitative estimate of drug-likeness (QED) is 0.124. The maximum atomic E-state index is 17.5. The standard InChI is InChI=1S/C81H60O8P4.C25H12Br4.C14H12O2P/c1-45-9-25-65-73(33-45)90(82,74-34-46(2)10-26-66(74)86-65)53-17-21-57-58-22-18-54(91(83)75-35-47(3)11-27-67(75)87-68-28-12-48(4)36-76(68)91)42-62(58)81(61(57)41-53)63-43-55(92(84)77-37-49(5)13-29-69(77)88-70-30-14-50(6)38-78(70)92)19-23-59(63)60-24-20-56(44-64(60)81)93(85)79-39-51(7)15-31-71(79)89-72-32-16-52(8)40-80(72)93;26-13-1-5-17-18-6-2-14(27)10-22(18)25(21(17)9-13)23-11-15(28)3-7-19(23)20-8-4-16(29)12-24(20)25;1-9-3-5-11-13(7-9)17(15)14-8-10(2)4-6-12(14)16-11/h9-44H,1-8H3;1-12H;3-8H,1-2H3/q;;+1. The van der Waals surface area contributed by atoms with E-state index in [-0.39, 0.29) is 5.41 Å². The van der Waals surface area contributed by atoms with Crippen LogP contribution in [0.3, 0.4) is 0 Å². The van der Waals surface area contributed by atoms with E-state index < -0.39 is 41.4 Å². The largest absolute Gasteiger partial charge is 0.456 e. The number of hydrogen-bond donors (Lipinski definition) is 0. The van der Waals surface area contributed by atoms with Crippen LogP contribution in [0.5, 0.6) is 46.0 Å². The molecule has 27 rings (SSSR count). The SMILES string of the molecule is Brc1ccc2c(c1)C1(c3cc(Br)ccc3-2)c2cc(Br)ccc2-c2ccc(Br)cc21.Cc1ccc2c(c1)P(=O)(c1ccc3c(c1)C1(c4cc(P5(=O)c6cc(C)ccc6Oc6ccc(C)cc65)ccc4-3)c3cc(P4(=O)c5cc(C)ccc5Oc5ccc(C)cc54)ccc3-c3ccc(P4(=O)c5cc(C)ccc5Oc5ccc(C)cc54)cc31)c1cc(C)ccc1O2.Cc1ccc2oc3ccc(C)cc3[p+](=O)c2c1. The van der Waals surface area contributed by atoms with E-state index >= 15 is 18.3 Å². The summed E-state index contributed by atoms with van der Waals surface area (Å²) in [6.07, 6.45) is 0. The number of ether oxygens (including phenoxy) is 4. The average Bonchev–Trinajstić information content (AvgIpc) is 1.48. The van der Waals surface area contributed by atoms with Gasteiger partial charge in [-0.3, -0.25) is 0 Å². The van der Waals surface area contributed by atoms with Gasteiger partial charge in [0.05, 0.1) is 53.3 Å². The van der Waals surface area contributed by atoms with Crippen molar-refractivity contribution in [3.05, 3.63) is 446 Å². The average molecular weight is 2160 g/mol. The van der Waals surface area contributed by atoms with Gasteiger partial charge in [0.15, 0.2) is 39.7 Å². The van der Waals surface area contributed by atoms with Crippen molar-refractivity contribution in [3.8, 4) is 90.5 Å². The number of halogens is 4. The molecule has 4 aliphatic carbocycles. The highest BCUT2D eigenvalue weighted by atomic mass is 79.9. The molecule has 0 bridgehead atoms. The van der Waals surface area contributed by atoms with Crippen molar-refractivity contribution in [2.75, 3.05) is 0 Å². The van der Waals surface area contributed by atoms with Gasteiger partial charge in [0.2, 0.25) is 10.2 Å². The van der Waals surface area contributed by atoms with Gasteiger partial charge in [0.25, 0.3) is 0 Å². The summed E-state index contributed by atoms with van der Waals surface area (Å²) in [5, 5.41) is 8.82. The molecule has 676 valence electrons. The van der Waals surface area contributed by atoms with E-state index in [9.17, 15) is 4.57 Å². The predicted molar refractivity (Wildman–Crippen MR) is 583 cm³/mol. The third-order valence-electron chi connectivity index (χ3n) is 29.2. The first kappa shape index (κ1) is 88.3. The molecule has 0 saturated carbocycles. The van der Waals surface area contributed by atoms with Crippen LogP contribution >= 0.6 is 99.7 Å². The fourth-order valence-corrected chi connectivity index (χ4v) is 38.0. The van der Waals surface area contributed by atoms with Gasteiger partial charge < -0.3 is 41.6 Å². The first-order valence-electron chi connectivity index (χ1n) is 46.1. The van der Waals surface area contributed by atoms with Crippen molar-refractivity contribution in [3.63, 3.8) is 0 Å². The fourth-order valence-electron chi connectivity index (χ4n) is 22.9. The summed E-state index contributed by atoms with van der Waals surface area (Å²) >= 11 is 14.9. The molecule has 18 aromatic carbocycles. The van der Waals surface area contributed by atoms with E-state index in [1.54, 1.807) is 0 Å². The van der Waals surface area contributed by atoms with Crippen molar-refractivity contribution in [1.82, 2.24) is 0 Å². The Labute approximate surface area is 839 Å². The Morgan fingerprint density at radius 3 is 0.583 bits per heavy atom. The van der Waals surface area contributed by atoms with Crippen LogP contribution in [0.25, 0.3) is 65.9 Å². The van der Waals surface area contributed by atoms with Gasteiger partial charge in [-0.2, -0.15) is 0 Å². The van der Waals surface area contributed by atoms with Gasteiger partial charge in [-0.1, -0.05) is 246 Å². The minimum Gasteiger partial charge on any atom is -0.456 e. The molecule has 4 aliphatic heterocycles. The van der Waals surface area contributed by atoms with Crippen molar-refractivity contribution < 1.29 is 46.2 Å². The van der Waals surface area contributed by atoms with E-state index in [0.29, 0.717) is 121 Å². The highest BCUT2D eigenvalue weighted by Gasteiger charge is 2.58. The van der Waals surface area contributed by atoms with Gasteiger partial charge in [-0.15, -0.1) is 0 Å². The highest BCUT2D eigenvalue weighted by molar-refractivity contribution is 9.11. The minimum absolute atomic E-state index is 0.337. The molecule has 0 N–H and O–H groups in total. The lowest BCUT2D eigenvalue weighted by molar-refractivity contribution is 0.484. The van der Waals surface area contributed by atoms with E-state index in [1.165, 1.54) is 44.5 Å². The summed E-state index contributed by atoms with van der Waals surface area (Å²) in [4.78, 5) is 0. The van der Waals surface area contributed by atoms with Crippen molar-refractivity contribution in [2.24, 2.45) is 0 Å². The minimum atomic E-state index is -3.83. The second kappa shape index (κ2) is 32.0. The van der Waals surface area contributed by atoms with Crippen LogP contribution in [0.1, 0.15) is 100 Å². The maximum Gasteiger partial charge on any atom is 0.423 e. The Morgan fingerprint density at radius 1 is 0.209 bits per heavy atom. The first-order chi connectivity index (χ1) is 66.9. The molecule has 0 amide bonds. The predicted octanol–water partition coefficient (Wildman–Crippen LogP) is 29.5.